The standard InChI is InChI=1S/C16H18BNO2/c1-12-6-7-16(18-17-8-9-20-18)15(10-12)13-4-3-5-14(11-13)19-2/h3-7,10-11,17H,8-9H2,1-2H3. The predicted octanol–water partition coefficient (Wildman–Crippen LogP) is 3.19. The van der Waals surface area contributed by atoms with E-state index in [0.717, 1.165) is 37.3 Å². The number of benzene rings is 2. The molecule has 20 heavy (non-hydrogen) atoms. The third-order valence-electron chi connectivity index (χ3n) is 3.55. The van der Waals surface area contributed by atoms with Crippen LogP contribution in [-0.4, -0.2) is 21.1 Å². The normalized spacial score (nSPS) is 14.2. The van der Waals surface area contributed by atoms with Crippen LogP contribution in [-0.2, 0) is 4.84 Å². The number of anilines is 1. The molecule has 0 N–H and O–H groups in total. The average Bonchev–Trinajstić information content (AvgIpc) is 3.01. The molecule has 4 heteroatoms. The highest BCUT2D eigenvalue weighted by atomic mass is 16.7. The summed E-state index contributed by atoms with van der Waals surface area (Å²) in [6, 6.07) is 14.6. The van der Waals surface area contributed by atoms with Crippen molar-refractivity contribution in [3.63, 3.8) is 0 Å². The van der Waals surface area contributed by atoms with Crippen LogP contribution >= 0.6 is 0 Å². The predicted molar refractivity (Wildman–Crippen MR) is 83.6 cm³/mol. The van der Waals surface area contributed by atoms with Crippen molar-refractivity contribution in [2.24, 2.45) is 0 Å². The van der Waals surface area contributed by atoms with E-state index in [4.69, 9.17) is 9.57 Å². The van der Waals surface area contributed by atoms with Gasteiger partial charge in [0.15, 0.2) is 0 Å². The van der Waals surface area contributed by atoms with Crippen molar-refractivity contribution in [1.82, 2.24) is 0 Å². The highest BCUT2D eigenvalue weighted by molar-refractivity contribution is 6.41. The lowest BCUT2D eigenvalue weighted by Crippen LogP contribution is -2.19. The maximum absolute atomic E-state index is 5.70. The first-order chi connectivity index (χ1) is 9.78. The molecule has 1 fully saturated rings. The molecule has 0 bridgehead atoms. The molecule has 1 heterocycles. The number of nitrogens with zero attached hydrogens (tertiary/aromatic N) is 1. The van der Waals surface area contributed by atoms with E-state index < -0.39 is 0 Å². The van der Waals surface area contributed by atoms with Crippen molar-refractivity contribution in [3.8, 4) is 16.9 Å². The molecule has 3 nitrogen and oxygen atoms in total. The van der Waals surface area contributed by atoms with Crippen molar-refractivity contribution in [2.75, 3.05) is 18.7 Å². The Balaban J connectivity index is 2.08. The van der Waals surface area contributed by atoms with Gasteiger partial charge < -0.3 is 9.71 Å². The Morgan fingerprint density at radius 3 is 2.85 bits per heavy atom. The molecule has 0 spiro atoms. The Bertz CT molecular complexity index is 609. The molecule has 0 atom stereocenters. The Morgan fingerprint density at radius 2 is 2.10 bits per heavy atom. The molecule has 0 amide bonds. The minimum absolute atomic E-state index is 0.797. The molecule has 3 rings (SSSR count). The zero-order valence-corrected chi connectivity index (χ0v) is 11.9. The van der Waals surface area contributed by atoms with Gasteiger partial charge in [-0.1, -0.05) is 23.8 Å². The van der Waals surface area contributed by atoms with Gasteiger partial charge in [-0.15, -0.1) is 0 Å². The van der Waals surface area contributed by atoms with Crippen molar-refractivity contribution in [1.29, 1.82) is 0 Å². The van der Waals surface area contributed by atoms with Crippen LogP contribution in [0.5, 0.6) is 5.75 Å². The van der Waals surface area contributed by atoms with E-state index in [1.165, 1.54) is 11.1 Å². The summed E-state index contributed by atoms with van der Waals surface area (Å²) in [6.45, 7) is 2.91. The molecule has 1 aliphatic rings. The summed E-state index contributed by atoms with van der Waals surface area (Å²) in [5.74, 6) is 0.872. The fourth-order valence-corrected chi connectivity index (χ4v) is 2.53. The number of hydrogen-bond donors (Lipinski definition) is 0. The molecule has 2 aromatic rings. The summed E-state index contributed by atoms with van der Waals surface area (Å²) < 4.78 is 5.33. The zero-order chi connectivity index (χ0) is 13.9. The number of ether oxygens (including phenoxy) is 1. The van der Waals surface area contributed by atoms with E-state index in [1.807, 2.05) is 17.1 Å². The van der Waals surface area contributed by atoms with Gasteiger partial charge in [0.2, 0.25) is 0 Å². The van der Waals surface area contributed by atoms with E-state index in [-0.39, 0.29) is 0 Å². The Labute approximate surface area is 120 Å². The minimum atomic E-state index is 0.797. The quantitative estimate of drug-likeness (QED) is 0.797. The van der Waals surface area contributed by atoms with Gasteiger partial charge in [0.1, 0.15) is 5.75 Å². The first-order valence-corrected chi connectivity index (χ1v) is 6.93. The van der Waals surface area contributed by atoms with E-state index >= 15 is 0 Å². The third kappa shape index (κ3) is 2.52. The molecule has 0 saturated carbocycles. The molecule has 0 unspecified atom stereocenters. The molecule has 0 radical (unpaired) electrons. The number of methoxy groups -OCH3 is 1. The van der Waals surface area contributed by atoms with Crippen molar-refractivity contribution in [2.45, 2.75) is 13.2 Å². The zero-order valence-electron chi connectivity index (χ0n) is 11.9. The lowest BCUT2D eigenvalue weighted by molar-refractivity contribution is 0.185. The van der Waals surface area contributed by atoms with Gasteiger partial charge in [0, 0.05) is 5.56 Å². The number of rotatable bonds is 3. The van der Waals surface area contributed by atoms with Crippen LogP contribution < -0.4 is 9.71 Å². The third-order valence-corrected chi connectivity index (χ3v) is 3.55. The largest absolute Gasteiger partial charge is 0.497 e. The smallest absolute Gasteiger partial charge is 0.275 e. The second kappa shape index (κ2) is 5.59. The van der Waals surface area contributed by atoms with Gasteiger partial charge in [0.05, 0.1) is 19.4 Å². The van der Waals surface area contributed by atoms with E-state index in [0.29, 0.717) is 0 Å². The molecular formula is C16H18BNO2. The van der Waals surface area contributed by atoms with Crippen molar-refractivity contribution in [3.05, 3.63) is 48.0 Å². The molecule has 1 aliphatic heterocycles. The fraction of sp³-hybridized carbons (Fsp3) is 0.250. The second-order valence-corrected chi connectivity index (χ2v) is 5.04. The molecule has 1 saturated heterocycles. The SMILES string of the molecule is COc1cccc(-c2cc(C)ccc2N2BCCO2)c1. The summed E-state index contributed by atoms with van der Waals surface area (Å²) in [4.78, 5) is 7.69. The summed E-state index contributed by atoms with van der Waals surface area (Å²) in [5, 5.41) is 0. The molecule has 0 aromatic heterocycles. The number of aryl methyl sites for hydroxylation is 1. The van der Waals surface area contributed by atoms with Crippen LogP contribution in [0.15, 0.2) is 42.5 Å². The summed E-state index contributed by atoms with van der Waals surface area (Å²) >= 11 is 0. The summed E-state index contributed by atoms with van der Waals surface area (Å²) in [7, 11) is 2.64. The van der Waals surface area contributed by atoms with Gasteiger partial charge in [-0.05, 0) is 43.1 Å². The maximum atomic E-state index is 5.70. The Hall–Kier alpha value is -1.94. The first-order valence-electron chi connectivity index (χ1n) is 6.93. The Morgan fingerprint density at radius 1 is 1.20 bits per heavy atom. The summed E-state index contributed by atoms with van der Waals surface area (Å²) in [6.07, 6.45) is 1.07. The monoisotopic (exact) mass is 267 g/mol. The number of hydrogen-bond acceptors (Lipinski definition) is 3. The second-order valence-electron chi connectivity index (χ2n) is 5.04. The van der Waals surface area contributed by atoms with Crippen molar-refractivity contribution < 1.29 is 9.57 Å². The van der Waals surface area contributed by atoms with Gasteiger partial charge in [-0.2, -0.15) is 0 Å². The topological polar surface area (TPSA) is 21.7 Å². The van der Waals surface area contributed by atoms with Crippen molar-refractivity contribution >= 4 is 13.1 Å². The Kier molecular flexibility index (Phi) is 3.65. The summed E-state index contributed by atoms with van der Waals surface area (Å²) in [5.41, 5.74) is 4.71. The average molecular weight is 267 g/mol. The molecule has 0 aliphatic carbocycles. The van der Waals surface area contributed by atoms with Crippen LogP contribution in [0.3, 0.4) is 0 Å². The molecule has 102 valence electrons. The van der Waals surface area contributed by atoms with Gasteiger partial charge in [-0.3, -0.25) is 4.84 Å². The fourth-order valence-electron chi connectivity index (χ4n) is 2.53. The van der Waals surface area contributed by atoms with E-state index in [2.05, 4.69) is 37.3 Å². The van der Waals surface area contributed by atoms with Gasteiger partial charge in [-0.25, -0.2) is 0 Å². The highest BCUT2D eigenvalue weighted by Crippen LogP contribution is 2.34. The lowest BCUT2D eigenvalue weighted by atomic mass is 9.88. The minimum Gasteiger partial charge on any atom is -0.497 e. The van der Waals surface area contributed by atoms with E-state index in [9.17, 15) is 0 Å². The van der Waals surface area contributed by atoms with Crippen LogP contribution in [0.2, 0.25) is 6.32 Å². The van der Waals surface area contributed by atoms with E-state index in [1.54, 1.807) is 7.11 Å². The molecular weight excluding hydrogens is 249 g/mol. The maximum Gasteiger partial charge on any atom is 0.275 e. The van der Waals surface area contributed by atoms with Crippen LogP contribution in [0.1, 0.15) is 5.56 Å². The highest BCUT2D eigenvalue weighted by Gasteiger charge is 2.19. The van der Waals surface area contributed by atoms with Crippen LogP contribution in [0, 0.1) is 6.92 Å². The van der Waals surface area contributed by atoms with Crippen LogP contribution in [0.25, 0.3) is 11.1 Å². The van der Waals surface area contributed by atoms with Crippen LogP contribution in [0.4, 0.5) is 5.69 Å². The molecule has 2 aromatic carbocycles. The lowest BCUT2D eigenvalue weighted by Gasteiger charge is -2.21. The first kappa shape index (κ1) is 13.1. The van der Waals surface area contributed by atoms with Gasteiger partial charge in [0.25, 0.3) is 7.41 Å². The van der Waals surface area contributed by atoms with Gasteiger partial charge >= 0.3 is 0 Å².